The van der Waals surface area contributed by atoms with Gasteiger partial charge in [-0.1, -0.05) is 62.2 Å². The van der Waals surface area contributed by atoms with Crippen molar-refractivity contribution in [1.29, 1.82) is 0 Å². The van der Waals surface area contributed by atoms with Gasteiger partial charge < -0.3 is 9.84 Å². The number of ether oxygens (including phenoxy) is 1. The van der Waals surface area contributed by atoms with Gasteiger partial charge in [-0.2, -0.15) is 0 Å². The van der Waals surface area contributed by atoms with Crippen molar-refractivity contribution in [3.05, 3.63) is 47.5 Å². The third-order valence-corrected chi connectivity index (χ3v) is 7.86. The maximum absolute atomic E-state index is 12.8. The molecule has 0 amide bonds. The van der Waals surface area contributed by atoms with Gasteiger partial charge >= 0.3 is 5.97 Å². The quantitative estimate of drug-likeness (QED) is 0.593. The zero-order valence-corrected chi connectivity index (χ0v) is 18.2. The van der Waals surface area contributed by atoms with Gasteiger partial charge in [-0.3, -0.25) is 9.69 Å². The minimum Gasteiger partial charge on any atom is -0.461 e. The Labute approximate surface area is 174 Å². The van der Waals surface area contributed by atoms with Crippen LogP contribution in [0.15, 0.2) is 42.0 Å². The van der Waals surface area contributed by atoms with Gasteiger partial charge in [0.15, 0.2) is 0 Å². The first-order valence-corrected chi connectivity index (χ1v) is 11.2. The molecule has 4 heteroatoms. The normalized spacial score (nSPS) is 36.1. The van der Waals surface area contributed by atoms with E-state index in [1.165, 1.54) is 19.3 Å². The summed E-state index contributed by atoms with van der Waals surface area (Å²) in [5.41, 5.74) is 2.65. The topological polar surface area (TPSA) is 49.8 Å². The number of hydrogen-bond acceptors (Lipinski definition) is 4. The number of carbonyl (C=O) groups is 1. The summed E-state index contributed by atoms with van der Waals surface area (Å²) >= 11 is 0. The maximum Gasteiger partial charge on any atom is 0.311 e. The lowest BCUT2D eigenvalue weighted by atomic mass is 9.59. The molecule has 2 fully saturated rings. The predicted octanol–water partition coefficient (Wildman–Crippen LogP) is 4.35. The Balaban J connectivity index is 1.50. The summed E-state index contributed by atoms with van der Waals surface area (Å²) in [6.07, 6.45) is 6.51. The van der Waals surface area contributed by atoms with Gasteiger partial charge in [0.05, 0.1) is 12.0 Å². The third kappa shape index (κ3) is 3.77. The van der Waals surface area contributed by atoms with E-state index < -0.39 is 6.10 Å². The molecule has 0 radical (unpaired) electrons. The number of allylic oxidation sites excluding steroid dienone is 1. The number of esters is 1. The van der Waals surface area contributed by atoms with E-state index in [4.69, 9.17) is 4.74 Å². The summed E-state index contributed by atoms with van der Waals surface area (Å²) in [7, 11) is 2.00. The van der Waals surface area contributed by atoms with Crippen molar-refractivity contribution in [2.75, 3.05) is 13.6 Å². The zero-order chi connectivity index (χ0) is 20.8. The van der Waals surface area contributed by atoms with Crippen LogP contribution in [0.25, 0.3) is 0 Å². The van der Waals surface area contributed by atoms with Crippen molar-refractivity contribution in [2.45, 2.75) is 64.7 Å². The molecule has 0 unspecified atom stereocenters. The molecule has 1 saturated heterocycles. The summed E-state index contributed by atoms with van der Waals surface area (Å²) in [5, 5.41) is 10.8. The minimum atomic E-state index is -0.583. The molecule has 2 aliphatic carbocycles. The van der Waals surface area contributed by atoms with Gasteiger partial charge in [-0.15, -0.1) is 0 Å². The van der Waals surface area contributed by atoms with E-state index in [1.807, 2.05) is 44.3 Å². The lowest BCUT2D eigenvalue weighted by Gasteiger charge is -2.46. The Morgan fingerprint density at radius 2 is 2.03 bits per heavy atom. The SMILES string of the molecule is C[C@@H]1CCC[C@@]2(C)C[C@H]3OC(=O)[C@@H](CN(C)[C@@H](C)[C@@H](O)c4ccccc4)[C@@H]3C=C12. The van der Waals surface area contributed by atoms with Gasteiger partial charge in [-0.05, 0) is 50.1 Å². The van der Waals surface area contributed by atoms with E-state index in [0.29, 0.717) is 12.5 Å². The highest BCUT2D eigenvalue weighted by atomic mass is 16.6. The van der Waals surface area contributed by atoms with E-state index in [2.05, 4.69) is 24.8 Å². The second-order valence-electron chi connectivity index (χ2n) is 9.87. The second-order valence-corrected chi connectivity index (χ2v) is 9.87. The van der Waals surface area contributed by atoms with Crippen molar-refractivity contribution in [2.24, 2.45) is 23.2 Å². The molecule has 1 saturated carbocycles. The highest BCUT2D eigenvalue weighted by molar-refractivity contribution is 5.76. The largest absolute Gasteiger partial charge is 0.461 e. The van der Waals surface area contributed by atoms with Gasteiger partial charge in [0.25, 0.3) is 0 Å². The first-order valence-electron chi connectivity index (χ1n) is 11.2. The van der Waals surface area contributed by atoms with E-state index in [0.717, 1.165) is 12.0 Å². The molecule has 3 aliphatic rings. The van der Waals surface area contributed by atoms with Crippen LogP contribution in [0.4, 0.5) is 0 Å². The fourth-order valence-corrected chi connectivity index (χ4v) is 5.91. The fraction of sp³-hybridized carbons (Fsp3) is 0.640. The lowest BCUT2D eigenvalue weighted by molar-refractivity contribution is -0.145. The first kappa shape index (κ1) is 20.6. The summed E-state index contributed by atoms with van der Waals surface area (Å²) in [6, 6.07) is 9.66. The third-order valence-electron chi connectivity index (χ3n) is 7.86. The van der Waals surface area contributed by atoms with Crippen LogP contribution in [0, 0.1) is 23.2 Å². The van der Waals surface area contributed by atoms with Gasteiger partial charge in [0.1, 0.15) is 6.10 Å². The number of carbonyl (C=O) groups excluding carboxylic acids is 1. The molecule has 1 N–H and O–H groups in total. The van der Waals surface area contributed by atoms with Gasteiger partial charge in [-0.25, -0.2) is 0 Å². The predicted molar refractivity (Wildman–Crippen MR) is 114 cm³/mol. The number of likely N-dealkylation sites (N-methyl/N-ethyl adjacent to an activating group) is 1. The standard InChI is InChI=1S/C25H35NO3/c1-16-9-8-12-25(3)14-22-19(13-21(16)25)20(24(28)29-22)15-26(4)17(2)23(27)18-10-6-5-7-11-18/h5-7,10-11,13,16-17,19-20,22-23,27H,8-9,12,14-15H2,1-4H3/t16-,17+,19+,20+,22-,23-,25+/m1/s1. The van der Waals surface area contributed by atoms with E-state index >= 15 is 0 Å². The van der Waals surface area contributed by atoms with Crippen molar-refractivity contribution in [3.63, 3.8) is 0 Å². The molecule has 1 aliphatic heterocycles. The average molecular weight is 398 g/mol. The number of hydrogen-bond donors (Lipinski definition) is 1. The molecule has 7 atom stereocenters. The zero-order valence-electron chi connectivity index (χ0n) is 18.2. The van der Waals surface area contributed by atoms with Crippen molar-refractivity contribution >= 4 is 5.97 Å². The van der Waals surface area contributed by atoms with Crippen LogP contribution in [0.5, 0.6) is 0 Å². The van der Waals surface area contributed by atoms with E-state index in [1.54, 1.807) is 5.57 Å². The van der Waals surface area contributed by atoms with Crippen LogP contribution < -0.4 is 0 Å². The summed E-state index contributed by atoms with van der Waals surface area (Å²) in [5.74, 6) is 0.541. The number of benzene rings is 1. The van der Waals surface area contributed by atoms with Crippen LogP contribution in [-0.2, 0) is 9.53 Å². The first-order chi connectivity index (χ1) is 13.8. The van der Waals surface area contributed by atoms with Gasteiger partial charge in [0, 0.05) is 18.5 Å². The average Bonchev–Trinajstić information content (AvgIpc) is 2.99. The molecular weight excluding hydrogens is 362 g/mol. The molecule has 1 aromatic rings. The Kier molecular flexibility index (Phi) is 5.60. The van der Waals surface area contributed by atoms with Crippen molar-refractivity contribution in [3.8, 4) is 0 Å². The summed E-state index contributed by atoms with van der Waals surface area (Å²) in [6.45, 7) is 7.33. The molecule has 158 valence electrons. The number of aliphatic hydroxyl groups excluding tert-OH is 1. The fourth-order valence-electron chi connectivity index (χ4n) is 5.91. The Morgan fingerprint density at radius 3 is 2.76 bits per heavy atom. The Bertz CT molecular complexity index is 776. The van der Waals surface area contributed by atoms with Gasteiger partial charge in [0.2, 0.25) is 0 Å². The lowest BCUT2D eigenvalue weighted by Crippen LogP contribution is -2.42. The molecule has 1 heterocycles. The highest BCUT2D eigenvalue weighted by Crippen LogP contribution is 2.54. The second kappa shape index (κ2) is 7.88. The molecule has 1 aromatic carbocycles. The minimum absolute atomic E-state index is 0.00861. The smallest absolute Gasteiger partial charge is 0.311 e. The van der Waals surface area contributed by atoms with E-state index in [-0.39, 0.29) is 35.4 Å². The molecule has 0 aromatic heterocycles. The molecular formula is C25H35NO3. The van der Waals surface area contributed by atoms with Crippen LogP contribution in [0.2, 0.25) is 0 Å². The van der Waals surface area contributed by atoms with Crippen LogP contribution >= 0.6 is 0 Å². The molecule has 4 nitrogen and oxygen atoms in total. The monoisotopic (exact) mass is 397 g/mol. The molecule has 0 bridgehead atoms. The summed E-state index contributed by atoms with van der Waals surface area (Å²) in [4.78, 5) is 14.9. The number of aliphatic hydroxyl groups is 1. The van der Waals surface area contributed by atoms with Crippen LogP contribution in [0.1, 0.15) is 58.1 Å². The van der Waals surface area contributed by atoms with Crippen LogP contribution in [0.3, 0.4) is 0 Å². The molecule has 4 rings (SSSR count). The Morgan fingerprint density at radius 1 is 1.31 bits per heavy atom. The van der Waals surface area contributed by atoms with Crippen molar-refractivity contribution < 1.29 is 14.6 Å². The van der Waals surface area contributed by atoms with E-state index in [9.17, 15) is 9.90 Å². The highest BCUT2D eigenvalue weighted by Gasteiger charge is 2.52. The number of rotatable bonds is 5. The number of fused-ring (bicyclic) bond motifs is 2. The van der Waals surface area contributed by atoms with Crippen molar-refractivity contribution in [1.82, 2.24) is 4.90 Å². The summed E-state index contributed by atoms with van der Waals surface area (Å²) < 4.78 is 5.88. The molecule has 0 spiro atoms. The van der Waals surface area contributed by atoms with Crippen LogP contribution in [-0.4, -0.2) is 41.7 Å². The maximum atomic E-state index is 12.8. The molecule has 29 heavy (non-hydrogen) atoms. The number of nitrogens with zero attached hydrogens (tertiary/aromatic N) is 1. The Hall–Kier alpha value is -1.65.